The molecule has 1 aromatic heterocycles. The molecule has 0 fully saturated rings. The van der Waals surface area contributed by atoms with E-state index in [4.69, 9.17) is 27.9 Å². The number of carbonyl (C=O) groups excluding carboxylic acids is 1. The van der Waals surface area contributed by atoms with Gasteiger partial charge in [-0.1, -0.05) is 82.7 Å². The van der Waals surface area contributed by atoms with E-state index in [-0.39, 0.29) is 18.3 Å². The van der Waals surface area contributed by atoms with Crippen molar-refractivity contribution in [2.45, 2.75) is 10.9 Å². The largest absolute Gasteiger partial charge is 0.489 e. The maximum atomic E-state index is 12.1. The van der Waals surface area contributed by atoms with Gasteiger partial charge in [0.25, 0.3) is 5.91 Å². The third-order valence-corrected chi connectivity index (χ3v) is 7.30. The fourth-order valence-corrected chi connectivity index (χ4v) is 4.94. The molecule has 172 valence electrons. The Hall–Kier alpha value is -2.91. The van der Waals surface area contributed by atoms with Crippen LogP contribution in [0.5, 0.6) is 5.75 Å². The van der Waals surface area contributed by atoms with Gasteiger partial charge < -0.3 is 4.74 Å². The van der Waals surface area contributed by atoms with E-state index in [1.54, 1.807) is 24.4 Å². The number of benzene rings is 3. The number of hydrogen-bond donors (Lipinski definition) is 1. The highest BCUT2D eigenvalue weighted by Gasteiger charge is 2.09. The van der Waals surface area contributed by atoms with Crippen molar-refractivity contribution in [1.82, 2.24) is 15.6 Å². The van der Waals surface area contributed by atoms with Crippen LogP contribution in [0.1, 0.15) is 11.1 Å². The molecule has 34 heavy (non-hydrogen) atoms. The summed E-state index contributed by atoms with van der Waals surface area (Å²) in [6.45, 7) is 0.265. The monoisotopic (exact) mass is 528 g/mol. The number of ether oxygens (including phenoxy) is 1. The quantitative estimate of drug-likeness (QED) is 0.156. The number of nitrogens with zero attached hydrogens (tertiary/aromatic N) is 3. The summed E-state index contributed by atoms with van der Waals surface area (Å²) >= 11 is 15.1. The SMILES string of the molecule is O=C(CSc1nnc(-c2ccccc2)s1)NN=Cc1ccc(OCc2c(Cl)cccc2Cl)cc1. The van der Waals surface area contributed by atoms with Crippen LogP contribution in [0, 0.1) is 0 Å². The molecule has 0 radical (unpaired) electrons. The van der Waals surface area contributed by atoms with Crippen LogP contribution in [0.3, 0.4) is 0 Å². The predicted octanol–water partition coefficient (Wildman–Crippen LogP) is 6.33. The van der Waals surface area contributed by atoms with E-state index in [1.165, 1.54) is 23.1 Å². The number of amides is 1. The molecule has 3 aromatic carbocycles. The first-order valence-electron chi connectivity index (χ1n) is 10.1. The molecule has 0 aliphatic rings. The van der Waals surface area contributed by atoms with Gasteiger partial charge in [-0.15, -0.1) is 10.2 Å². The van der Waals surface area contributed by atoms with Gasteiger partial charge in [-0.25, -0.2) is 5.43 Å². The first kappa shape index (κ1) is 24.2. The van der Waals surface area contributed by atoms with Gasteiger partial charge in [0.15, 0.2) is 4.34 Å². The van der Waals surface area contributed by atoms with Crippen molar-refractivity contribution >= 4 is 58.4 Å². The van der Waals surface area contributed by atoms with Gasteiger partial charge in [0.1, 0.15) is 17.4 Å². The van der Waals surface area contributed by atoms with E-state index in [9.17, 15) is 4.79 Å². The highest BCUT2D eigenvalue weighted by atomic mass is 35.5. The molecule has 10 heteroatoms. The lowest BCUT2D eigenvalue weighted by Crippen LogP contribution is -2.19. The molecule has 0 aliphatic carbocycles. The van der Waals surface area contributed by atoms with Gasteiger partial charge in [0.2, 0.25) is 0 Å². The summed E-state index contributed by atoms with van der Waals surface area (Å²) in [6, 6.07) is 22.4. The Balaban J connectivity index is 1.22. The minimum Gasteiger partial charge on any atom is -0.489 e. The number of hydrogen-bond acceptors (Lipinski definition) is 7. The zero-order valence-electron chi connectivity index (χ0n) is 17.7. The summed E-state index contributed by atoms with van der Waals surface area (Å²) in [5.41, 5.74) is 5.07. The molecule has 0 spiro atoms. The maximum absolute atomic E-state index is 12.1. The maximum Gasteiger partial charge on any atom is 0.250 e. The second-order valence-electron chi connectivity index (χ2n) is 6.88. The second-order valence-corrected chi connectivity index (χ2v) is 9.89. The molecule has 0 bridgehead atoms. The average Bonchev–Trinajstić information content (AvgIpc) is 3.33. The van der Waals surface area contributed by atoms with Gasteiger partial charge in [-0.2, -0.15) is 5.10 Å². The standard InChI is InChI=1S/C24H18Cl2N4O2S2/c25-20-7-4-8-21(26)19(20)14-32-18-11-9-16(10-12-18)13-27-28-22(31)15-33-24-30-29-23(34-24)17-5-2-1-3-6-17/h1-13H,14-15H2,(H,28,31). The normalized spacial score (nSPS) is 11.0. The molecule has 1 amide bonds. The number of halogens is 2. The number of rotatable bonds is 9. The molecule has 4 aromatic rings. The van der Waals surface area contributed by atoms with E-state index in [1.807, 2.05) is 54.6 Å². The fourth-order valence-electron chi connectivity index (χ4n) is 2.78. The third-order valence-electron chi connectivity index (χ3n) is 4.48. The van der Waals surface area contributed by atoms with Crippen LogP contribution in [0.4, 0.5) is 0 Å². The molecule has 6 nitrogen and oxygen atoms in total. The highest BCUT2D eigenvalue weighted by molar-refractivity contribution is 8.01. The minimum atomic E-state index is -0.228. The number of nitrogens with one attached hydrogen (secondary N) is 1. The van der Waals surface area contributed by atoms with E-state index >= 15 is 0 Å². The molecule has 1 N–H and O–H groups in total. The predicted molar refractivity (Wildman–Crippen MR) is 139 cm³/mol. The lowest BCUT2D eigenvalue weighted by atomic mass is 10.2. The van der Waals surface area contributed by atoms with E-state index in [2.05, 4.69) is 20.7 Å². The molecule has 0 unspecified atom stereocenters. The van der Waals surface area contributed by atoms with Gasteiger partial charge in [0.05, 0.1) is 12.0 Å². The summed E-state index contributed by atoms with van der Waals surface area (Å²) in [6.07, 6.45) is 1.57. The Bertz CT molecular complexity index is 1260. The van der Waals surface area contributed by atoms with Crippen molar-refractivity contribution in [3.8, 4) is 16.3 Å². The molecule has 4 rings (SSSR count). The number of hydrazone groups is 1. The van der Waals surface area contributed by atoms with Crippen LogP contribution in [0.25, 0.3) is 10.6 Å². The molecule has 0 saturated heterocycles. The third kappa shape index (κ3) is 6.80. The smallest absolute Gasteiger partial charge is 0.250 e. The first-order chi connectivity index (χ1) is 16.6. The summed E-state index contributed by atoms with van der Waals surface area (Å²) < 4.78 is 6.49. The zero-order valence-corrected chi connectivity index (χ0v) is 20.8. The summed E-state index contributed by atoms with van der Waals surface area (Å²) in [5, 5.41) is 14.3. The Labute approximate surface area is 215 Å². The number of thioether (sulfide) groups is 1. The van der Waals surface area contributed by atoms with Crippen LogP contribution in [0.15, 0.2) is 82.2 Å². The Kier molecular flexibility index (Phi) is 8.54. The van der Waals surface area contributed by atoms with Gasteiger partial charge >= 0.3 is 0 Å². The van der Waals surface area contributed by atoms with Gasteiger partial charge in [-0.3, -0.25) is 4.79 Å². The van der Waals surface area contributed by atoms with Crippen LogP contribution < -0.4 is 10.2 Å². The molecule has 0 aliphatic heterocycles. The molecular weight excluding hydrogens is 511 g/mol. The van der Waals surface area contributed by atoms with E-state index in [0.29, 0.717) is 15.8 Å². The summed E-state index contributed by atoms with van der Waals surface area (Å²) in [4.78, 5) is 12.1. The van der Waals surface area contributed by atoms with Crippen molar-refractivity contribution in [3.05, 3.63) is 94.0 Å². The fraction of sp³-hybridized carbons (Fsp3) is 0.0833. The molecule has 0 atom stereocenters. The molecule has 1 heterocycles. The van der Waals surface area contributed by atoms with Crippen LogP contribution in [-0.2, 0) is 11.4 Å². The van der Waals surface area contributed by atoms with E-state index in [0.717, 1.165) is 26.0 Å². The number of aromatic nitrogens is 2. The van der Waals surface area contributed by atoms with E-state index < -0.39 is 0 Å². The van der Waals surface area contributed by atoms with Crippen molar-refractivity contribution in [3.63, 3.8) is 0 Å². The highest BCUT2D eigenvalue weighted by Crippen LogP contribution is 2.29. The van der Waals surface area contributed by atoms with Crippen LogP contribution >= 0.6 is 46.3 Å². The Morgan fingerprint density at radius 2 is 1.74 bits per heavy atom. The van der Waals surface area contributed by atoms with Crippen molar-refractivity contribution in [2.24, 2.45) is 5.10 Å². The zero-order chi connectivity index (χ0) is 23.8. The van der Waals surface area contributed by atoms with Gasteiger partial charge in [-0.05, 0) is 42.0 Å². The topological polar surface area (TPSA) is 76.5 Å². The van der Waals surface area contributed by atoms with Crippen LogP contribution in [-0.4, -0.2) is 28.1 Å². The van der Waals surface area contributed by atoms with Gasteiger partial charge in [0, 0.05) is 21.2 Å². The Morgan fingerprint density at radius 1 is 1.00 bits per heavy atom. The Morgan fingerprint density at radius 3 is 2.47 bits per heavy atom. The van der Waals surface area contributed by atoms with Crippen LogP contribution in [0.2, 0.25) is 10.0 Å². The summed E-state index contributed by atoms with van der Waals surface area (Å²) in [7, 11) is 0. The van der Waals surface area contributed by atoms with Crippen molar-refractivity contribution in [1.29, 1.82) is 0 Å². The lowest BCUT2D eigenvalue weighted by Gasteiger charge is -2.09. The molecule has 0 saturated carbocycles. The number of carbonyl (C=O) groups is 1. The first-order valence-corrected chi connectivity index (χ1v) is 12.6. The van der Waals surface area contributed by atoms with Crippen molar-refractivity contribution < 1.29 is 9.53 Å². The summed E-state index contributed by atoms with van der Waals surface area (Å²) in [5.74, 6) is 0.632. The average molecular weight is 529 g/mol. The molecular formula is C24H18Cl2N4O2S2. The second kappa shape index (κ2) is 12.0. The van der Waals surface area contributed by atoms with Crippen molar-refractivity contribution in [2.75, 3.05) is 5.75 Å². The lowest BCUT2D eigenvalue weighted by molar-refractivity contribution is -0.118. The minimum absolute atomic E-state index is 0.193.